The van der Waals surface area contributed by atoms with E-state index in [0.717, 1.165) is 18.4 Å². The summed E-state index contributed by atoms with van der Waals surface area (Å²) in [5.41, 5.74) is 1.69. The predicted octanol–water partition coefficient (Wildman–Crippen LogP) is 2.65. The summed E-state index contributed by atoms with van der Waals surface area (Å²) in [6.45, 7) is 5.11. The molecule has 6 nitrogen and oxygen atoms in total. The van der Waals surface area contributed by atoms with Crippen molar-refractivity contribution in [3.05, 3.63) is 33.6 Å². The Kier molecular flexibility index (Phi) is 4.54. The predicted molar refractivity (Wildman–Crippen MR) is 81.8 cm³/mol. The third-order valence-electron chi connectivity index (χ3n) is 3.93. The van der Waals surface area contributed by atoms with Crippen LogP contribution in [-0.2, 0) is 4.74 Å². The van der Waals surface area contributed by atoms with E-state index < -0.39 is 0 Å². The van der Waals surface area contributed by atoms with Gasteiger partial charge in [-0.15, -0.1) is 0 Å². The molecule has 0 unspecified atom stereocenters. The lowest BCUT2D eigenvalue weighted by Crippen LogP contribution is -2.36. The number of carbonyl (C=O) groups excluding carboxylic acids is 1. The number of nitrogens with zero attached hydrogens (tertiary/aromatic N) is 2. The fourth-order valence-corrected chi connectivity index (χ4v) is 3.51. The summed E-state index contributed by atoms with van der Waals surface area (Å²) in [5.74, 6) is 1.21. The molecule has 0 radical (unpaired) electrons. The van der Waals surface area contributed by atoms with Crippen molar-refractivity contribution in [2.75, 3.05) is 13.2 Å². The van der Waals surface area contributed by atoms with Gasteiger partial charge in [0, 0.05) is 18.6 Å². The number of aromatic nitrogens is 2. The van der Waals surface area contributed by atoms with Crippen LogP contribution in [0.25, 0.3) is 0 Å². The van der Waals surface area contributed by atoms with Gasteiger partial charge in [-0.3, -0.25) is 4.79 Å². The molecule has 0 aliphatic carbocycles. The van der Waals surface area contributed by atoms with Crippen LogP contribution in [-0.4, -0.2) is 29.3 Å². The zero-order chi connectivity index (χ0) is 15.5. The molecule has 1 saturated heterocycles. The largest absolute Gasteiger partial charge is 0.381 e. The van der Waals surface area contributed by atoms with E-state index in [1.807, 2.05) is 17.7 Å². The van der Waals surface area contributed by atoms with Gasteiger partial charge in [0.15, 0.2) is 5.82 Å². The average Bonchev–Trinajstić information content (AvgIpc) is 3.14. The van der Waals surface area contributed by atoms with Gasteiger partial charge in [-0.25, -0.2) is 0 Å². The molecule has 0 aromatic carbocycles. The molecule has 0 spiro atoms. The minimum Gasteiger partial charge on any atom is -0.381 e. The van der Waals surface area contributed by atoms with Gasteiger partial charge in [0.1, 0.15) is 6.04 Å². The Morgan fingerprint density at radius 2 is 2.14 bits per heavy atom. The molecule has 0 bridgehead atoms. The van der Waals surface area contributed by atoms with Gasteiger partial charge in [0.05, 0.1) is 5.56 Å². The lowest BCUT2D eigenvalue weighted by atomic mass is 9.91. The summed E-state index contributed by atoms with van der Waals surface area (Å²) in [7, 11) is 0. The van der Waals surface area contributed by atoms with Crippen molar-refractivity contribution in [2.24, 2.45) is 5.92 Å². The first-order valence-electron chi connectivity index (χ1n) is 7.36. The summed E-state index contributed by atoms with van der Waals surface area (Å²) < 4.78 is 10.7. The normalized spacial score (nSPS) is 17.4. The second-order valence-corrected chi connectivity index (χ2v) is 6.29. The maximum Gasteiger partial charge on any atom is 0.253 e. The third kappa shape index (κ3) is 3.20. The number of carbonyl (C=O) groups is 1. The maximum atomic E-state index is 12.5. The van der Waals surface area contributed by atoms with Crippen LogP contribution in [0.3, 0.4) is 0 Å². The zero-order valence-electron chi connectivity index (χ0n) is 12.7. The van der Waals surface area contributed by atoms with Gasteiger partial charge in [0.2, 0.25) is 5.89 Å². The first-order chi connectivity index (χ1) is 10.6. The molecule has 7 heteroatoms. The molecule has 22 heavy (non-hydrogen) atoms. The number of hydrogen-bond acceptors (Lipinski definition) is 6. The second-order valence-electron chi connectivity index (χ2n) is 5.55. The molecular formula is C15H19N3O3S. The SMILES string of the molecule is Cc1noc([C@H](NC(=O)c2cscc2C)C2CCOCC2)n1. The van der Waals surface area contributed by atoms with Crippen molar-refractivity contribution >= 4 is 17.2 Å². The Balaban J connectivity index is 1.82. The highest BCUT2D eigenvalue weighted by Crippen LogP contribution is 2.30. The number of thiophene rings is 1. The van der Waals surface area contributed by atoms with Crippen LogP contribution in [0.2, 0.25) is 0 Å². The van der Waals surface area contributed by atoms with Crippen molar-refractivity contribution in [2.45, 2.75) is 32.7 Å². The van der Waals surface area contributed by atoms with Gasteiger partial charge in [0.25, 0.3) is 5.91 Å². The quantitative estimate of drug-likeness (QED) is 0.936. The van der Waals surface area contributed by atoms with E-state index in [2.05, 4.69) is 15.5 Å². The summed E-state index contributed by atoms with van der Waals surface area (Å²) >= 11 is 1.52. The third-order valence-corrected chi connectivity index (χ3v) is 4.79. The first-order valence-corrected chi connectivity index (χ1v) is 8.31. The number of hydrogen-bond donors (Lipinski definition) is 1. The van der Waals surface area contributed by atoms with E-state index in [4.69, 9.17) is 9.26 Å². The van der Waals surface area contributed by atoms with Gasteiger partial charge in [-0.1, -0.05) is 5.16 Å². The van der Waals surface area contributed by atoms with Crippen LogP contribution >= 0.6 is 11.3 Å². The van der Waals surface area contributed by atoms with E-state index >= 15 is 0 Å². The Morgan fingerprint density at radius 3 is 2.73 bits per heavy atom. The minimum absolute atomic E-state index is 0.0916. The molecule has 2 aromatic heterocycles. The average molecular weight is 321 g/mol. The van der Waals surface area contributed by atoms with Gasteiger partial charge in [-0.05, 0) is 43.6 Å². The fourth-order valence-electron chi connectivity index (χ4n) is 2.68. The van der Waals surface area contributed by atoms with Crippen molar-refractivity contribution in [3.8, 4) is 0 Å². The summed E-state index contributed by atoms with van der Waals surface area (Å²) in [6, 6.07) is -0.267. The van der Waals surface area contributed by atoms with Crippen molar-refractivity contribution in [3.63, 3.8) is 0 Å². The summed E-state index contributed by atoms with van der Waals surface area (Å²) in [6.07, 6.45) is 1.74. The Morgan fingerprint density at radius 1 is 1.36 bits per heavy atom. The number of rotatable bonds is 4. The lowest BCUT2D eigenvalue weighted by Gasteiger charge is -2.28. The standard InChI is InChI=1S/C15H19N3O3S/c1-9-7-22-8-12(9)14(19)17-13(11-3-5-20-6-4-11)15-16-10(2)18-21-15/h7-8,11,13H,3-6H2,1-2H3,(H,17,19)/t13-/m1/s1. The van der Waals surface area contributed by atoms with E-state index in [9.17, 15) is 4.79 Å². The molecule has 1 N–H and O–H groups in total. The highest BCUT2D eigenvalue weighted by Gasteiger charge is 2.31. The monoisotopic (exact) mass is 321 g/mol. The van der Waals surface area contributed by atoms with Crippen molar-refractivity contribution in [1.29, 1.82) is 0 Å². The lowest BCUT2D eigenvalue weighted by molar-refractivity contribution is 0.0467. The zero-order valence-corrected chi connectivity index (χ0v) is 13.5. The molecule has 1 aliphatic rings. The van der Waals surface area contributed by atoms with Gasteiger partial charge >= 0.3 is 0 Å². The number of nitrogens with one attached hydrogen (secondary N) is 1. The smallest absolute Gasteiger partial charge is 0.253 e. The molecule has 3 rings (SSSR count). The van der Waals surface area contributed by atoms with Crippen LogP contribution in [0.15, 0.2) is 15.3 Å². The summed E-state index contributed by atoms with van der Waals surface area (Å²) in [4.78, 5) is 16.8. The Hall–Kier alpha value is -1.73. The van der Waals surface area contributed by atoms with Crippen LogP contribution < -0.4 is 5.32 Å². The van der Waals surface area contributed by atoms with E-state index in [1.54, 1.807) is 6.92 Å². The van der Waals surface area contributed by atoms with Crippen LogP contribution in [0, 0.1) is 19.8 Å². The highest BCUT2D eigenvalue weighted by atomic mass is 32.1. The number of aryl methyl sites for hydroxylation is 2. The molecule has 1 fully saturated rings. The molecule has 3 heterocycles. The van der Waals surface area contributed by atoms with Crippen molar-refractivity contribution < 1.29 is 14.1 Å². The first kappa shape index (κ1) is 15.2. The van der Waals surface area contributed by atoms with Crippen molar-refractivity contribution in [1.82, 2.24) is 15.5 Å². The molecule has 0 saturated carbocycles. The topological polar surface area (TPSA) is 77.2 Å². The highest BCUT2D eigenvalue weighted by molar-refractivity contribution is 7.08. The molecule has 1 amide bonds. The van der Waals surface area contributed by atoms with E-state index in [0.29, 0.717) is 30.5 Å². The van der Waals surface area contributed by atoms with Crippen LogP contribution in [0.5, 0.6) is 0 Å². The molecule has 118 valence electrons. The Labute approximate surface area is 132 Å². The molecule has 2 aromatic rings. The van der Waals surface area contributed by atoms with Crippen LogP contribution in [0.4, 0.5) is 0 Å². The molecule has 1 atom stereocenters. The van der Waals surface area contributed by atoms with E-state index in [-0.39, 0.29) is 17.9 Å². The van der Waals surface area contributed by atoms with Gasteiger partial charge < -0.3 is 14.6 Å². The number of amides is 1. The molecule has 1 aliphatic heterocycles. The minimum atomic E-state index is -0.267. The number of ether oxygens (including phenoxy) is 1. The summed E-state index contributed by atoms with van der Waals surface area (Å²) in [5, 5.41) is 10.8. The fraction of sp³-hybridized carbons (Fsp3) is 0.533. The second kappa shape index (κ2) is 6.58. The van der Waals surface area contributed by atoms with Crippen LogP contribution in [0.1, 0.15) is 46.5 Å². The van der Waals surface area contributed by atoms with Gasteiger partial charge in [-0.2, -0.15) is 16.3 Å². The molecular weight excluding hydrogens is 302 g/mol. The van der Waals surface area contributed by atoms with E-state index in [1.165, 1.54) is 11.3 Å². The maximum absolute atomic E-state index is 12.5. The Bertz CT molecular complexity index is 646.